The highest BCUT2D eigenvalue weighted by atomic mass is 16.3. The number of benzene rings is 5. The van der Waals surface area contributed by atoms with E-state index in [4.69, 9.17) is 15.6 Å². The Kier molecular flexibility index (Phi) is 8.15. The molecular formula is C40H33N3O. The highest BCUT2D eigenvalue weighted by molar-refractivity contribution is 6.21. The van der Waals surface area contributed by atoms with Crippen LogP contribution in [-0.4, -0.2) is 11.7 Å². The zero-order valence-electron chi connectivity index (χ0n) is 24.6. The monoisotopic (exact) mass is 571 g/mol. The molecule has 0 spiro atoms. The zero-order valence-corrected chi connectivity index (χ0v) is 24.6. The van der Waals surface area contributed by atoms with Gasteiger partial charge in [-0.25, -0.2) is 4.99 Å². The number of fused-ring (bicyclic) bond motifs is 4. The smallest absolute Gasteiger partial charge is 0.154 e. The molecule has 4 nitrogen and oxygen atoms in total. The van der Waals surface area contributed by atoms with Crippen LogP contribution in [-0.2, 0) is 6.42 Å². The third-order valence-electron chi connectivity index (χ3n) is 7.74. The van der Waals surface area contributed by atoms with E-state index in [9.17, 15) is 0 Å². The Hall–Kier alpha value is -5.74. The predicted molar refractivity (Wildman–Crippen MR) is 188 cm³/mol. The Bertz CT molecular complexity index is 2140. The van der Waals surface area contributed by atoms with Crippen LogP contribution in [0.2, 0.25) is 0 Å². The number of aliphatic imine (C=N–C) groups is 1. The third-order valence-corrected chi connectivity index (χ3v) is 7.74. The van der Waals surface area contributed by atoms with Crippen LogP contribution in [0.4, 0.5) is 0 Å². The molecule has 0 aliphatic heterocycles. The van der Waals surface area contributed by atoms with Gasteiger partial charge in [-0.3, -0.25) is 5.41 Å². The van der Waals surface area contributed by atoms with Crippen molar-refractivity contribution in [2.45, 2.75) is 13.3 Å². The van der Waals surface area contributed by atoms with Crippen molar-refractivity contribution in [3.63, 3.8) is 0 Å². The standard InChI is InChI=1S/C40H33N3O/c1-3-5-7-17-30-26-27(4-2)31(33-20-11-10-19-32(30)33)22-14-18-28-24-25-36-38(34-21-12-13-23-35(34)44-36)37(28)40(42)43-39(41)29-15-8-6-9-16-29/h3-17,19-26H,2,18H2,1H3,(H3,41,42,43)/b5-3-,17-7-,22-14-. The third kappa shape index (κ3) is 5.53. The van der Waals surface area contributed by atoms with E-state index in [0.717, 1.165) is 55.1 Å². The summed E-state index contributed by atoms with van der Waals surface area (Å²) in [6, 6.07) is 32.0. The first kappa shape index (κ1) is 28.4. The average Bonchev–Trinajstić information content (AvgIpc) is 3.44. The van der Waals surface area contributed by atoms with Gasteiger partial charge in [-0.15, -0.1) is 0 Å². The van der Waals surface area contributed by atoms with Crippen LogP contribution in [0.3, 0.4) is 0 Å². The maximum Gasteiger partial charge on any atom is 0.154 e. The molecule has 0 radical (unpaired) electrons. The molecule has 4 heteroatoms. The fourth-order valence-electron chi connectivity index (χ4n) is 5.67. The zero-order chi connectivity index (χ0) is 30.5. The van der Waals surface area contributed by atoms with Crippen molar-refractivity contribution in [2.75, 3.05) is 0 Å². The van der Waals surface area contributed by atoms with E-state index in [1.54, 1.807) is 0 Å². The number of nitrogens with one attached hydrogen (secondary N) is 1. The maximum atomic E-state index is 8.63. The summed E-state index contributed by atoms with van der Waals surface area (Å²) in [5.41, 5.74) is 14.1. The molecule has 6 rings (SSSR count). The van der Waals surface area contributed by atoms with Crippen molar-refractivity contribution < 1.29 is 4.42 Å². The number of nitrogens with two attached hydrogens (primary N) is 1. The molecule has 0 saturated carbocycles. The number of hydrogen-bond acceptors (Lipinski definition) is 2. The number of nitrogens with zero attached hydrogens (tertiary/aromatic N) is 1. The molecule has 5 aromatic carbocycles. The van der Waals surface area contributed by atoms with Crippen molar-refractivity contribution in [1.82, 2.24) is 0 Å². The van der Waals surface area contributed by atoms with E-state index in [1.807, 2.05) is 91.9 Å². The number of para-hydroxylation sites is 1. The minimum Gasteiger partial charge on any atom is -0.456 e. The minimum atomic E-state index is 0.111. The largest absolute Gasteiger partial charge is 0.456 e. The Morgan fingerprint density at radius 2 is 1.55 bits per heavy atom. The molecular weight excluding hydrogens is 538 g/mol. The van der Waals surface area contributed by atoms with Gasteiger partial charge < -0.3 is 10.2 Å². The number of hydrogen-bond donors (Lipinski definition) is 2. The maximum absolute atomic E-state index is 8.63. The minimum absolute atomic E-state index is 0.111. The van der Waals surface area contributed by atoms with E-state index < -0.39 is 0 Å². The summed E-state index contributed by atoms with van der Waals surface area (Å²) in [5, 5.41) is 12.8. The molecule has 44 heavy (non-hydrogen) atoms. The number of rotatable bonds is 8. The number of furan rings is 1. The molecule has 6 aromatic rings. The second-order valence-electron chi connectivity index (χ2n) is 10.5. The van der Waals surface area contributed by atoms with Gasteiger partial charge in [0, 0.05) is 21.9 Å². The van der Waals surface area contributed by atoms with Crippen LogP contribution in [0, 0.1) is 5.41 Å². The van der Waals surface area contributed by atoms with Crippen molar-refractivity contribution in [3.8, 4) is 0 Å². The summed E-state index contributed by atoms with van der Waals surface area (Å²) in [5.74, 6) is 0.397. The summed E-state index contributed by atoms with van der Waals surface area (Å²) in [4.78, 5) is 4.58. The van der Waals surface area contributed by atoms with Crippen molar-refractivity contribution >= 4 is 62.6 Å². The first-order valence-corrected chi connectivity index (χ1v) is 14.6. The summed E-state index contributed by atoms with van der Waals surface area (Å²) >= 11 is 0. The average molecular weight is 572 g/mol. The van der Waals surface area contributed by atoms with Crippen LogP contribution in [0.15, 0.2) is 137 Å². The van der Waals surface area contributed by atoms with E-state index in [2.05, 4.69) is 66.2 Å². The number of amidine groups is 2. The van der Waals surface area contributed by atoms with E-state index in [1.165, 1.54) is 5.39 Å². The summed E-state index contributed by atoms with van der Waals surface area (Å²) in [6.45, 7) is 6.12. The van der Waals surface area contributed by atoms with Crippen molar-refractivity contribution in [3.05, 3.63) is 161 Å². The Balaban J connectivity index is 1.45. The van der Waals surface area contributed by atoms with Crippen LogP contribution in [0.1, 0.15) is 40.3 Å². The van der Waals surface area contributed by atoms with Crippen molar-refractivity contribution in [2.24, 2.45) is 10.7 Å². The van der Waals surface area contributed by atoms with Gasteiger partial charge in [-0.05, 0) is 64.6 Å². The quantitative estimate of drug-likeness (QED) is 0.108. The first-order chi connectivity index (χ1) is 21.6. The fourth-order valence-corrected chi connectivity index (χ4v) is 5.67. The fraction of sp³-hybridized carbons (Fsp3) is 0.0500. The second-order valence-corrected chi connectivity index (χ2v) is 10.5. The highest BCUT2D eigenvalue weighted by Gasteiger charge is 2.18. The molecule has 0 atom stereocenters. The summed E-state index contributed by atoms with van der Waals surface area (Å²) in [7, 11) is 0. The van der Waals surface area contributed by atoms with Crippen molar-refractivity contribution in [1.29, 1.82) is 5.41 Å². The number of allylic oxidation sites excluding steroid dienone is 4. The molecule has 0 fully saturated rings. The van der Waals surface area contributed by atoms with Gasteiger partial charge in [-0.1, -0.05) is 128 Å². The topological polar surface area (TPSA) is 75.4 Å². The molecule has 0 amide bonds. The van der Waals surface area contributed by atoms with Crippen LogP contribution < -0.4 is 5.73 Å². The van der Waals surface area contributed by atoms with Crippen LogP contribution in [0.25, 0.3) is 50.9 Å². The second kappa shape index (κ2) is 12.6. The van der Waals surface area contributed by atoms with Gasteiger partial charge in [0.1, 0.15) is 17.0 Å². The first-order valence-electron chi connectivity index (χ1n) is 14.6. The molecule has 0 unspecified atom stereocenters. The Labute approximate surface area is 257 Å². The molecule has 0 aliphatic rings. The van der Waals surface area contributed by atoms with Gasteiger partial charge in [-0.2, -0.15) is 0 Å². The molecule has 214 valence electrons. The molecule has 0 bridgehead atoms. The normalized spacial score (nSPS) is 12.4. The summed E-state index contributed by atoms with van der Waals surface area (Å²) < 4.78 is 6.18. The SMILES string of the molecule is C=Cc1cc(/C=C\C=C/C)c2ccccc2c1/C=C\Cc1ccc2oc3ccccc3c2c1C(N)=NC(=N)c1ccccc1. The molecule has 1 aromatic heterocycles. The lowest BCUT2D eigenvalue weighted by Crippen LogP contribution is -2.18. The lowest BCUT2D eigenvalue weighted by atomic mass is 9.93. The lowest BCUT2D eigenvalue weighted by Gasteiger charge is -2.12. The van der Waals surface area contributed by atoms with Crippen LogP contribution >= 0.6 is 0 Å². The van der Waals surface area contributed by atoms with E-state index in [0.29, 0.717) is 12.0 Å². The highest BCUT2D eigenvalue weighted by Crippen LogP contribution is 2.34. The van der Waals surface area contributed by atoms with Gasteiger partial charge in [0.25, 0.3) is 0 Å². The van der Waals surface area contributed by atoms with E-state index >= 15 is 0 Å². The van der Waals surface area contributed by atoms with E-state index in [-0.39, 0.29) is 11.7 Å². The van der Waals surface area contributed by atoms with Gasteiger partial charge >= 0.3 is 0 Å². The van der Waals surface area contributed by atoms with Crippen LogP contribution in [0.5, 0.6) is 0 Å². The summed E-state index contributed by atoms with van der Waals surface area (Å²) in [6.07, 6.45) is 15.1. The van der Waals surface area contributed by atoms with Gasteiger partial charge in [0.2, 0.25) is 0 Å². The molecule has 3 N–H and O–H groups in total. The Morgan fingerprint density at radius 1 is 0.818 bits per heavy atom. The predicted octanol–water partition coefficient (Wildman–Crippen LogP) is 9.96. The van der Waals surface area contributed by atoms with Gasteiger partial charge in [0.15, 0.2) is 5.84 Å². The molecule has 1 heterocycles. The molecule has 0 saturated heterocycles. The van der Waals surface area contributed by atoms with Gasteiger partial charge in [0.05, 0.1) is 0 Å². The molecule has 0 aliphatic carbocycles. The lowest BCUT2D eigenvalue weighted by molar-refractivity contribution is 0.669. The Morgan fingerprint density at radius 3 is 2.32 bits per heavy atom.